The van der Waals surface area contributed by atoms with Crippen molar-refractivity contribution in [2.45, 2.75) is 32.1 Å². The molecule has 0 aromatic heterocycles. The van der Waals surface area contributed by atoms with Crippen LogP contribution in [0.4, 0.5) is 10.1 Å². The number of benzene rings is 1. The van der Waals surface area contributed by atoms with E-state index in [1.165, 1.54) is 30.5 Å². The zero-order chi connectivity index (χ0) is 13.7. The molecule has 4 heteroatoms. The molecule has 0 radical (unpaired) electrons. The number of nitrogens with one attached hydrogen (secondary N) is 1. The van der Waals surface area contributed by atoms with E-state index in [0.717, 1.165) is 25.3 Å². The van der Waals surface area contributed by atoms with Gasteiger partial charge in [-0.3, -0.25) is 0 Å². The molecule has 19 heavy (non-hydrogen) atoms. The second-order valence-electron chi connectivity index (χ2n) is 4.78. The zero-order valence-electron chi connectivity index (χ0n) is 10.8. The highest BCUT2D eigenvalue weighted by molar-refractivity contribution is 5.94. The molecule has 1 aromatic carbocycles. The predicted molar refractivity (Wildman–Crippen MR) is 73.0 cm³/mol. The van der Waals surface area contributed by atoms with Crippen LogP contribution in [0.15, 0.2) is 29.8 Å². The van der Waals surface area contributed by atoms with Crippen molar-refractivity contribution in [1.29, 1.82) is 0 Å². The van der Waals surface area contributed by atoms with Crippen molar-refractivity contribution in [2.75, 3.05) is 11.9 Å². The van der Waals surface area contributed by atoms with E-state index in [1.807, 2.05) is 0 Å². The maximum absolute atomic E-state index is 13.0. The lowest BCUT2D eigenvalue weighted by molar-refractivity contribution is 0.0697. The van der Waals surface area contributed by atoms with Gasteiger partial charge in [0.2, 0.25) is 0 Å². The van der Waals surface area contributed by atoms with Gasteiger partial charge in [-0.25, -0.2) is 9.18 Å². The molecule has 0 atom stereocenters. The van der Waals surface area contributed by atoms with Crippen molar-refractivity contribution in [2.24, 2.45) is 0 Å². The molecule has 0 saturated heterocycles. The van der Waals surface area contributed by atoms with E-state index in [9.17, 15) is 9.18 Å². The first-order chi connectivity index (χ1) is 9.16. The highest BCUT2D eigenvalue weighted by atomic mass is 19.1. The average Bonchev–Trinajstić information content (AvgIpc) is 2.41. The van der Waals surface area contributed by atoms with E-state index < -0.39 is 11.8 Å². The van der Waals surface area contributed by atoms with E-state index in [-0.39, 0.29) is 5.56 Å². The summed E-state index contributed by atoms with van der Waals surface area (Å²) in [5, 5.41) is 12.1. The van der Waals surface area contributed by atoms with Crippen LogP contribution in [-0.4, -0.2) is 17.6 Å². The molecular formula is C15H18FNO2. The molecule has 0 spiro atoms. The molecule has 0 aliphatic heterocycles. The van der Waals surface area contributed by atoms with Crippen LogP contribution in [0.3, 0.4) is 0 Å². The third-order valence-electron chi connectivity index (χ3n) is 3.36. The van der Waals surface area contributed by atoms with Gasteiger partial charge in [0.05, 0.1) is 5.56 Å². The van der Waals surface area contributed by atoms with Gasteiger partial charge in [0, 0.05) is 12.2 Å². The number of aromatic carboxylic acids is 1. The normalized spacial score (nSPS) is 14.9. The molecule has 1 aliphatic carbocycles. The maximum Gasteiger partial charge on any atom is 0.337 e. The SMILES string of the molecule is O=C(O)c1cc(F)ccc1NCCC1=CCCCC1. The van der Waals surface area contributed by atoms with Gasteiger partial charge in [-0.05, 0) is 50.3 Å². The smallest absolute Gasteiger partial charge is 0.337 e. The van der Waals surface area contributed by atoms with Crippen molar-refractivity contribution in [3.63, 3.8) is 0 Å². The molecule has 0 unspecified atom stereocenters. The molecule has 0 bridgehead atoms. The lowest BCUT2D eigenvalue weighted by Crippen LogP contribution is -2.09. The summed E-state index contributed by atoms with van der Waals surface area (Å²) in [6.45, 7) is 0.678. The molecule has 1 aromatic rings. The zero-order valence-corrected chi connectivity index (χ0v) is 10.8. The third kappa shape index (κ3) is 3.81. The minimum atomic E-state index is -1.11. The Balaban J connectivity index is 1.95. The summed E-state index contributed by atoms with van der Waals surface area (Å²) in [6, 6.07) is 3.80. The Kier molecular flexibility index (Phi) is 4.55. The molecule has 102 valence electrons. The van der Waals surface area contributed by atoms with Crippen molar-refractivity contribution in [3.05, 3.63) is 41.2 Å². The molecule has 0 saturated carbocycles. The number of hydrogen-bond donors (Lipinski definition) is 2. The van der Waals surface area contributed by atoms with Crippen LogP contribution >= 0.6 is 0 Å². The largest absolute Gasteiger partial charge is 0.478 e. The number of rotatable bonds is 5. The fourth-order valence-corrected chi connectivity index (χ4v) is 2.34. The lowest BCUT2D eigenvalue weighted by Gasteiger charge is -2.14. The maximum atomic E-state index is 13.0. The van der Waals surface area contributed by atoms with Gasteiger partial charge in [-0.2, -0.15) is 0 Å². The molecule has 0 amide bonds. The molecule has 1 aliphatic rings. The number of anilines is 1. The number of allylic oxidation sites excluding steroid dienone is 1. The molecule has 0 fully saturated rings. The van der Waals surface area contributed by atoms with Gasteiger partial charge < -0.3 is 10.4 Å². The standard InChI is InChI=1S/C15H18FNO2/c16-12-6-7-14(13(10-12)15(18)19)17-9-8-11-4-2-1-3-5-11/h4,6-7,10,17H,1-3,5,8-9H2,(H,18,19). The van der Waals surface area contributed by atoms with Gasteiger partial charge in [0.25, 0.3) is 0 Å². The van der Waals surface area contributed by atoms with Crippen molar-refractivity contribution in [3.8, 4) is 0 Å². The quantitative estimate of drug-likeness (QED) is 0.794. The Morgan fingerprint density at radius 3 is 2.89 bits per heavy atom. The number of carbonyl (C=O) groups is 1. The number of carboxylic acids is 1. The highest BCUT2D eigenvalue weighted by Crippen LogP contribution is 2.21. The van der Waals surface area contributed by atoms with Crippen LogP contribution in [0.25, 0.3) is 0 Å². The highest BCUT2D eigenvalue weighted by Gasteiger charge is 2.11. The topological polar surface area (TPSA) is 49.3 Å². The first-order valence-electron chi connectivity index (χ1n) is 6.61. The monoisotopic (exact) mass is 263 g/mol. The van der Waals surface area contributed by atoms with E-state index >= 15 is 0 Å². The van der Waals surface area contributed by atoms with E-state index in [0.29, 0.717) is 12.2 Å². The minimum absolute atomic E-state index is 0.0161. The summed E-state index contributed by atoms with van der Waals surface area (Å²) >= 11 is 0. The van der Waals surface area contributed by atoms with Crippen LogP contribution in [0.1, 0.15) is 42.5 Å². The lowest BCUT2D eigenvalue weighted by atomic mass is 9.97. The van der Waals surface area contributed by atoms with Crippen LogP contribution < -0.4 is 5.32 Å². The van der Waals surface area contributed by atoms with Gasteiger partial charge in [0.1, 0.15) is 5.82 Å². The summed E-state index contributed by atoms with van der Waals surface area (Å²) in [6.07, 6.45) is 7.97. The first-order valence-corrected chi connectivity index (χ1v) is 6.61. The Morgan fingerprint density at radius 1 is 1.37 bits per heavy atom. The van der Waals surface area contributed by atoms with Crippen molar-refractivity contribution < 1.29 is 14.3 Å². The minimum Gasteiger partial charge on any atom is -0.478 e. The Hall–Kier alpha value is -1.84. The van der Waals surface area contributed by atoms with E-state index in [2.05, 4.69) is 11.4 Å². The Labute approximate surface area is 112 Å². The fraction of sp³-hybridized carbons (Fsp3) is 0.400. The fourth-order valence-electron chi connectivity index (χ4n) is 2.34. The van der Waals surface area contributed by atoms with Crippen LogP contribution in [-0.2, 0) is 0 Å². The van der Waals surface area contributed by atoms with Gasteiger partial charge in [-0.1, -0.05) is 11.6 Å². The molecule has 0 heterocycles. The van der Waals surface area contributed by atoms with Crippen LogP contribution in [0.2, 0.25) is 0 Å². The van der Waals surface area contributed by atoms with E-state index in [1.54, 1.807) is 0 Å². The number of carboxylic acid groups (broad SMARTS) is 1. The number of halogens is 1. The molecule has 2 N–H and O–H groups in total. The summed E-state index contributed by atoms with van der Waals surface area (Å²) in [7, 11) is 0. The summed E-state index contributed by atoms with van der Waals surface area (Å²) in [4.78, 5) is 11.0. The average molecular weight is 263 g/mol. The summed E-state index contributed by atoms with van der Waals surface area (Å²) in [5.41, 5.74) is 1.89. The first kappa shape index (κ1) is 13.6. The van der Waals surface area contributed by atoms with Crippen molar-refractivity contribution in [1.82, 2.24) is 0 Å². The second kappa shape index (κ2) is 6.36. The molecular weight excluding hydrogens is 245 g/mol. The second-order valence-corrected chi connectivity index (χ2v) is 4.78. The van der Waals surface area contributed by atoms with Crippen molar-refractivity contribution >= 4 is 11.7 Å². The van der Waals surface area contributed by atoms with Gasteiger partial charge >= 0.3 is 5.97 Å². The number of hydrogen-bond acceptors (Lipinski definition) is 2. The van der Waals surface area contributed by atoms with Crippen LogP contribution in [0.5, 0.6) is 0 Å². The van der Waals surface area contributed by atoms with Crippen LogP contribution in [0, 0.1) is 5.82 Å². The molecule has 3 nitrogen and oxygen atoms in total. The third-order valence-corrected chi connectivity index (χ3v) is 3.36. The Morgan fingerprint density at radius 2 is 2.21 bits per heavy atom. The predicted octanol–water partition coefficient (Wildman–Crippen LogP) is 3.83. The van der Waals surface area contributed by atoms with Gasteiger partial charge in [0.15, 0.2) is 0 Å². The van der Waals surface area contributed by atoms with Gasteiger partial charge in [-0.15, -0.1) is 0 Å². The Bertz CT molecular complexity index is 497. The summed E-state index contributed by atoms with van der Waals surface area (Å²) in [5.74, 6) is -1.64. The molecule has 2 rings (SSSR count). The van der Waals surface area contributed by atoms with E-state index in [4.69, 9.17) is 5.11 Å². The summed E-state index contributed by atoms with van der Waals surface area (Å²) < 4.78 is 13.0.